The highest BCUT2D eigenvalue weighted by atomic mass is 35.5. The van der Waals surface area contributed by atoms with Gasteiger partial charge in [0, 0.05) is 17.1 Å². The molecule has 0 saturated carbocycles. The van der Waals surface area contributed by atoms with Crippen molar-refractivity contribution in [2.45, 2.75) is 19.8 Å². The lowest BCUT2D eigenvalue weighted by atomic mass is 10.0. The fraction of sp³-hybridized carbons (Fsp3) is 0.273. The molecule has 0 saturated heterocycles. The van der Waals surface area contributed by atoms with Gasteiger partial charge in [-0.1, -0.05) is 31.5 Å². The standard InChI is InChI=1S/C11H12ClN/c1-7(2)8-3-4-11-9(5-8)10(12)6-13-11/h3-7,13H,1-2H3. The van der Waals surface area contributed by atoms with Gasteiger partial charge in [-0.15, -0.1) is 0 Å². The maximum atomic E-state index is 6.02. The zero-order valence-corrected chi connectivity index (χ0v) is 8.52. The molecule has 2 rings (SSSR count). The minimum absolute atomic E-state index is 0.551. The molecule has 0 spiro atoms. The van der Waals surface area contributed by atoms with E-state index in [9.17, 15) is 0 Å². The van der Waals surface area contributed by atoms with Crippen molar-refractivity contribution in [3.8, 4) is 0 Å². The summed E-state index contributed by atoms with van der Waals surface area (Å²) >= 11 is 6.02. The average Bonchev–Trinajstić information content (AvgIpc) is 2.47. The summed E-state index contributed by atoms with van der Waals surface area (Å²) in [6.45, 7) is 4.36. The van der Waals surface area contributed by atoms with Gasteiger partial charge >= 0.3 is 0 Å². The van der Waals surface area contributed by atoms with Crippen LogP contribution in [0.1, 0.15) is 25.3 Å². The first-order valence-electron chi connectivity index (χ1n) is 4.45. The third kappa shape index (κ3) is 1.44. The number of nitrogens with one attached hydrogen (secondary N) is 1. The van der Waals surface area contributed by atoms with Crippen LogP contribution >= 0.6 is 11.6 Å². The number of hydrogen-bond donors (Lipinski definition) is 1. The van der Waals surface area contributed by atoms with Crippen LogP contribution < -0.4 is 0 Å². The number of benzene rings is 1. The highest BCUT2D eigenvalue weighted by Crippen LogP contribution is 2.26. The molecule has 0 fully saturated rings. The van der Waals surface area contributed by atoms with Crippen LogP contribution in [0, 0.1) is 0 Å². The number of aromatic amines is 1. The van der Waals surface area contributed by atoms with Crippen molar-refractivity contribution in [3.05, 3.63) is 35.0 Å². The van der Waals surface area contributed by atoms with Crippen molar-refractivity contribution in [1.82, 2.24) is 4.98 Å². The van der Waals surface area contributed by atoms with E-state index in [1.54, 1.807) is 0 Å². The molecule has 1 N–H and O–H groups in total. The SMILES string of the molecule is CC(C)c1ccc2[nH]cc(Cl)c2c1. The molecular formula is C11H12ClN. The molecule has 0 unspecified atom stereocenters. The molecule has 1 aromatic carbocycles. The first-order chi connectivity index (χ1) is 6.18. The minimum atomic E-state index is 0.551. The van der Waals surface area contributed by atoms with Gasteiger partial charge in [0.1, 0.15) is 0 Å². The summed E-state index contributed by atoms with van der Waals surface area (Å²) in [6.07, 6.45) is 1.83. The molecule has 1 heterocycles. The van der Waals surface area contributed by atoms with Gasteiger partial charge in [-0.05, 0) is 23.6 Å². The van der Waals surface area contributed by atoms with Crippen molar-refractivity contribution in [2.24, 2.45) is 0 Å². The molecule has 1 aromatic heterocycles. The van der Waals surface area contributed by atoms with Gasteiger partial charge in [-0.25, -0.2) is 0 Å². The number of hydrogen-bond acceptors (Lipinski definition) is 0. The molecular weight excluding hydrogens is 182 g/mol. The number of rotatable bonds is 1. The summed E-state index contributed by atoms with van der Waals surface area (Å²) in [5.41, 5.74) is 2.43. The van der Waals surface area contributed by atoms with Gasteiger partial charge in [0.25, 0.3) is 0 Å². The Kier molecular flexibility index (Phi) is 2.04. The number of aromatic nitrogens is 1. The molecule has 0 radical (unpaired) electrons. The third-order valence-corrected chi connectivity index (χ3v) is 2.63. The Labute approximate surface area is 82.7 Å². The van der Waals surface area contributed by atoms with Crippen molar-refractivity contribution in [3.63, 3.8) is 0 Å². The summed E-state index contributed by atoms with van der Waals surface area (Å²) in [6, 6.07) is 6.37. The largest absolute Gasteiger partial charge is 0.360 e. The van der Waals surface area contributed by atoms with Crippen LogP contribution in [0.15, 0.2) is 24.4 Å². The summed E-state index contributed by atoms with van der Waals surface area (Å²) < 4.78 is 0. The second kappa shape index (κ2) is 3.08. The van der Waals surface area contributed by atoms with Crippen molar-refractivity contribution < 1.29 is 0 Å². The Morgan fingerprint density at radius 3 is 2.77 bits per heavy atom. The zero-order chi connectivity index (χ0) is 9.42. The van der Waals surface area contributed by atoms with Crippen LogP contribution in [0.25, 0.3) is 10.9 Å². The molecule has 1 nitrogen and oxygen atoms in total. The number of halogens is 1. The molecule has 68 valence electrons. The monoisotopic (exact) mass is 193 g/mol. The second-order valence-electron chi connectivity index (χ2n) is 3.60. The van der Waals surface area contributed by atoms with Gasteiger partial charge < -0.3 is 4.98 Å². The van der Waals surface area contributed by atoms with Gasteiger partial charge in [0.05, 0.1) is 5.02 Å². The van der Waals surface area contributed by atoms with Gasteiger partial charge in [0.2, 0.25) is 0 Å². The predicted molar refractivity (Wildman–Crippen MR) is 57.4 cm³/mol. The summed E-state index contributed by atoms with van der Waals surface area (Å²) in [4.78, 5) is 3.12. The van der Waals surface area contributed by atoms with Crippen LogP contribution in [0.3, 0.4) is 0 Å². The first kappa shape index (κ1) is 8.64. The Balaban J connectivity index is 2.66. The highest BCUT2D eigenvalue weighted by molar-refractivity contribution is 6.35. The van der Waals surface area contributed by atoms with Crippen LogP contribution in [-0.4, -0.2) is 4.98 Å². The number of fused-ring (bicyclic) bond motifs is 1. The molecule has 2 heteroatoms. The predicted octanol–water partition coefficient (Wildman–Crippen LogP) is 3.94. The van der Waals surface area contributed by atoms with Crippen molar-refractivity contribution >= 4 is 22.5 Å². The summed E-state index contributed by atoms with van der Waals surface area (Å²) in [5.74, 6) is 0.551. The minimum Gasteiger partial charge on any atom is -0.360 e. The quantitative estimate of drug-likeness (QED) is 0.706. The van der Waals surface area contributed by atoms with Gasteiger partial charge in [-0.3, -0.25) is 0 Å². The normalized spacial score (nSPS) is 11.4. The smallest absolute Gasteiger partial charge is 0.0659 e. The Morgan fingerprint density at radius 1 is 1.31 bits per heavy atom. The molecule has 0 atom stereocenters. The third-order valence-electron chi connectivity index (χ3n) is 2.32. The van der Waals surface area contributed by atoms with E-state index in [1.165, 1.54) is 5.56 Å². The Bertz CT molecular complexity index is 429. The van der Waals surface area contributed by atoms with Crippen LogP contribution in [0.4, 0.5) is 0 Å². The van der Waals surface area contributed by atoms with E-state index >= 15 is 0 Å². The lowest BCUT2D eigenvalue weighted by Crippen LogP contribution is -1.85. The maximum Gasteiger partial charge on any atom is 0.0659 e. The molecule has 0 bridgehead atoms. The van der Waals surface area contributed by atoms with Crippen molar-refractivity contribution in [1.29, 1.82) is 0 Å². The highest BCUT2D eigenvalue weighted by Gasteiger charge is 2.04. The summed E-state index contributed by atoms with van der Waals surface area (Å²) in [7, 11) is 0. The Morgan fingerprint density at radius 2 is 2.08 bits per heavy atom. The molecule has 0 aliphatic rings. The fourth-order valence-corrected chi connectivity index (χ4v) is 1.67. The molecule has 2 aromatic rings. The average molecular weight is 194 g/mol. The van der Waals surface area contributed by atoms with Crippen molar-refractivity contribution in [2.75, 3.05) is 0 Å². The molecule has 0 amide bonds. The van der Waals surface area contributed by atoms with E-state index < -0.39 is 0 Å². The molecule has 13 heavy (non-hydrogen) atoms. The van der Waals surface area contributed by atoms with E-state index in [-0.39, 0.29) is 0 Å². The van der Waals surface area contributed by atoms with Gasteiger partial charge in [0.15, 0.2) is 0 Å². The Hall–Kier alpha value is -0.950. The lowest BCUT2D eigenvalue weighted by Gasteiger charge is -2.04. The van der Waals surface area contributed by atoms with Crippen LogP contribution in [0.2, 0.25) is 5.02 Å². The topological polar surface area (TPSA) is 15.8 Å². The van der Waals surface area contributed by atoms with E-state index in [2.05, 4.69) is 37.0 Å². The van der Waals surface area contributed by atoms with Crippen LogP contribution in [-0.2, 0) is 0 Å². The molecule has 0 aliphatic heterocycles. The van der Waals surface area contributed by atoms with E-state index in [0.29, 0.717) is 5.92 Å². The fourth-order valence-electron chi connectivity index (χ4n) is 1.46. The first-order valence-corrected chi connectivity index (χ1v) is 4.83. The zero-order valence-electron chi connectivity index (χ0n) is 7.76. The second-order valence-corrected chi connectivity index (χ2v) is 4.00. The van der Waals surface area contributed by atoms with E-state index in [4.69, 9.17) is 11.6 Å². The van der Waals surface area contributed by atoms with Gasteiger partial charge in [-0.2, -0.15) is 0 Å². The maximum absolute atomic E-state index is 6.02. The lowest BCUT2D eigenvalue weighted by molar-refractivity contribution is 0.869. The summed E-state index contributed by atoms with van der Waals surface area (Å²) in [5, 5.41) is 1.92. The number of H-pyrrole nitrogens is 1. The van der Waals surface area contributed by atoms with E-state index in [0.717, 1.165) is 15.9 Å². The van der Waals surface area contributed by atoms with E-state index in [1.807, 2.05) is 6.20 Å². The van der Waals surface area contributed by atoms with Crippen LogP contribution in [0.5, 0.6) is 0 Å². The molecule has 0 aliphatic carbocycles.